The Morgan fingerprint density at radius 1 is 0.727 bits per heavy atom. The van der Waals surface area contributed by atoms with Crippen LogP contribution in [0.15, 0.2) is 53.3 Å². The van der Waals surface area contributed by atoms with Gasteiger partial charge in [0.05, 0.1) is 11.0 Å². The monoisotopic (exact) mass is 502 g/mol. The third kappa shape index (κ3) is 4.53. The van der Waals surface area contributed by atoms with Crippen LogP contribution in [0.4, 0.5) is 0 Å². The van der Waals surface area contributed by atoms with Crippen molar-refractivity contribution in [2.45, 2.75) is 73.1 Å². The summed E-state index contributed by atoms with van der Waals surface area (Å²) < 4.78 is 3.29. The second-order valence-electron chi connectivity index (χ2n) is 10.3. The second kappa shape index (κ2) is 9.10. The van der Waals surface area contributed by atoms with E-state index in [1.54, 1.807) is 0 Å². The standard InChI is InChI=1S/C30H35BrN2/c1-17(2)22-13-26(18(3)4)30(27(14-22)19(5)6)23-11-24(31)15-25(12-23)33-16-32-28-9-20(7)21(8)10-29(28)33/h9-19H,1-8H3. The van der Waals surface area contributed by atoms with Gasteiger partial charge in [0.1, 0.15) is 6.33 Å². The quantitative estimate of drug-likeness (QED) is 0.265. The van der Waals surface area contributed by atoms with E-state index in [0.717, 1.165) is 21.2 Å². The molecule has 0 atom stereocenters. The van der Waals surface area contributed by atoms with Gasteiger partial charge in [-0.15, -0.1) is 0 Å². The van der Waals surface area contributed by atoms with Gasteiger partial charge in [-0.05, 0) is 101 Å². The van der Waals surface area contributed by atoms with E-state index in [4.69, 9.17) is 4.98 Å². The van der Waals surface area contributed by atoms with Crippen molar-refractivity contribution in [3.05, 3.63) is 81.1 Å². The molecule has 0 saturated carbocycles. The maximum absolute atomic E-state index is 4.70. The van der Waals surface area contributed by atoms with Crippen LogP contribution < -0.4 is 0 Å². The van der Waals surface area contributed by atoms with Gasteiger partial charge in [0.15, 0.2) is 0 Å². The molecule has 1 heterocycles. The minimum absolute atomic E-state index is 0.443. The highest BCUT2D eigenvalue weighted by Gasteiger charge is 2.20. The van der Waals surface area contributed by atoms with Crippen molar-refractivity contribution in [2.24, 2.45) is 0 Å². The minimum atomic E-state index is 0.443. The van der Waals surface area contributed by atoms with Gasteiger partial charge in [-0.3, -0.25) is 4.57 Å². The molecule has 0 N–H and O–H groups in total. The first-order valence-electron chi connectivity index (χ1n) is 12.0. The first-order chi connectivity index (χ1) is 15.6. The normalized spacial score (nSPS) is 12.0. The van der Waals surface area contributed by atoms with E-state index < -0.39 is 0 Å². The summed E-state index contributed by atoms with van der Waals surface area (Å²) >= 11 is 3.81. The van der Waals surface area contributed by atoms with Crippen molar-refractivity contribution in [2.75, 3.05) is 0 Å². The molecular formula is C30H35BrN2. The number of aryl methyl sites for hydroxylation is 2. The smallest absolute Gasteiger partial charge is 0.100 e. The molecule has 3 aromatic carbocycles. The molecular weight excluding hydrogens is 468 g/mol. The molecule has 0 saturated heterocycles. The summed E-state index contributed by atoms with van der Waals surface area (Å²) in [7, 11) is 0. The van der Waals surface area contributed by atoms with Crippen LogP contribution in [0.1, 0.15) is 87.1 Å². The van der Waals surface area contributed by atoms with Crippen LogP contribution >= 0.6 is 15.9 Å². The van der Waals surface area contributed by atoms with Gasteiger partial charge < -0.3 is 0 Å². The fourth-order valence-electron chi connectivity index (χ4n) is 4.62. The van der Waals surface area contributed by atoms with Gasteiger partial charge in [-0.2, -0.15) is 0 Å². The summed E-state index contributed by atoms with van der Waals surface area (Å²) in [4.78, 5) is 4.70. The average molecular weight is 504 g/mol. The summed E-state index contributed by atoms with van der Waals surface area (Å²) in [5.74, 6) is 1.40. The Labute approximate surface area is 207 Å². The van der Waals surface area contributed by atoms with Gasteiger partial charge in [-0.1, -0.05) is 69.6 Å². The van der Waals surface area contributed by atoms with Crippen LogP contribution in [0.3, 0.4) is 0 Å². The zero-order chi connectivity index (χ0) is 24.0. The number of benzene rings is 3. The number of halogens is 1. The van der Waals surface area contributed by atoms with Crippen molar-refractivity contribution in [1.29, 1.82) is 0 Å². The molecule has 3 heteroatoms. The zero-order valence-electron chi connectivity index (χ0n) is 21.1. The van der Waals surface area contributed by atoms with Crippen LogP contribution in [0.2, 0.25) is 0 Å². The van der Waals surface area contributed by atoms with Crippen LogP contribution in [0.5, 0.6) is 0 Å². The first kappa shape index (κ1) is 23.8. The SMILES string of the molecule is Cc1cc2ncn(-c3cc(Br)cc(-c4c(C(C)C)cc(C(C)C)cc4C(C)C)c3)c2cc1C. The Kier molecular flexibility index (Phi) is 6.55. The highest BCUT2D eigenvalue weighted by molar-refractivity contribution is 9.10. The van der Waals surface area contributed by atoms with Crippen LogP contribution in [-0.2, 0) is 0 Å². The average Bonchev–Trinajstić information content (AvgIpc) is 3.14. The molecule has 4 rings (SSSR count). The van der Waals surface area contributed by atoms with Gasteiger partial charge in [0, 0.05) is 10.2 Å². The Balaban J connectivity index is 1.98. The summed E-state index contributed by atoms with van der Waals surface area (Å²) in [6.07, 6.45) is 1.95. The van der Waals surface area contributed by atoms with E-state index in [2.05, 4.69) is 118 Å². The topological polar surface area (TPSA) is 17.8 Å². The lowest BCUT2D eigenvalue weighted by molar-refractivity contribution is 0.807. The minimum Gasteiger partial charge on any atom is -0.299 e. The van der Waals surface area contributed by atoms with Crippen LogP contribution in [0, 0.1) is 13.8 Å². The maximum Gasteiger partial charge on any atom is 0.100 e. The van der Waals surface area contributed by atoms with E-state index >= 15 is 0 Å². The summed E-state index contributed by atoms with van der Waals surface area (Å²) in [6.45, 7) is 18.1. The number of rotatable bonds is 5. The first-order valence-corrected chi connectivity index (χ1v) is 12.8. The molecule has 172 valence electrons. The summed E-state index contributed by atoms with van der Waals surface area (Å²) in [6, 6.07) is 16.1. The number of aromatic nitrogens is 2. The van der Waals surface area contributed by atoms with Gasteiger partial charge in [-0.25, -0.2) is 4.98 Å². The van der Waals surface area contributed by atoms with E-state index in [1.807, 2.05) is 6.33 Å². The number of nitrogens with zero attached hydrogens (tertiary/aromatic N) is 2. The predicted molar refractivity (Wildman–Crippen MR) is 146 cm³/mol. The fraction of sp³-hybridized carbons (Fsp3) is 0.367. The lowest BCUT2D eigenvalue weighted by atomic mass is 9.82. The molecule has 0 bridgehead atoms. The molecule has 0 amide bonds. The van der Waals surface area contributed by atoms with E-state index in [-0.39, 0.29) is 0 Å². The van der Waals surface area contributed by atoms with Crippen LogP contribution in [0.25, 0.3) is 27.8 Å². The van der Waals surface area contributed by atoms with Crippen molar-refractivity contribution in [1.82, 2.24) is 9.55 Å². The van der Waals surface area contributed by atoms with Crippen molar-refractivity contribution in [3.8, 4) is 16.8 Å². The van der Waals surface area contributed by atoms with E-state index in [1.165, 1.54) is 38.9 Å². The number of hydrogen-bond acceptors (Lipinski definition) is 1. The van der Waals surface area contributed by atoms with E-state index in [9.17, 15) is 0 Å². The Morgan fingerprint density at radius 3 is 1.91 bits per heavy atom. The number of imidazole rings is 1. The van der Waals surface area contributed by atoms with Gasteiger partial charge in [0.2, 0.25) is 0 Å². The maximum atomic E-state index is 4.70. The summed E-state index contributed by atoms with van der Waals surface area (Å²) in [5.41, 5.74) is 12.8. The largest absolute Gasteiger partial charge is 0.299 e. The zero-order valence-corrected chi connectivity index (χ0v) is 22.7. The van der Waals surface area contributed by atoms with E-state index in [0.29, 0.717) is 17.8 Å². The molecule has 0 radical (unpaired) electrons. The van der Waals surface area contributed by atoms with Crippen molar-refractivity contribution < 1.29 is 0 Å². The third-order valence-corrected chi connectivity index (χ3v) is 7.20. The molecule has 2 nitrogen and oxygen atoms in total. The fourth-order valence-corrected chi connectivity index (χ4v) is 5.10. The molecule has 0 aliphatic heterocycles. The van der Waals surface area contributed by atoms with Crippen LogP contribution in [-0.4, -0.2) is 9.55 Å². The van der Waals surface area contributed by atoms with Gasteiger partial charge in [0.25, 0.3) is 0 Å². The molecule has 0 unspecified atom stereocenters. The van der Waals surface area contributed by atoms with Crippen molar-refractivity contribution in [3.63, 3.8) is 0 Å². The predicted octanol–water partition coefficient (Wildman–Crippen LogP) is 9.44. The molecule has 4 aromatic rings. The molecule has 0 fully saturated rings. The Bertz CT molecular complexity index is 1300. The molecule has 0 aliphatic carbocycles. The number of fused-ring (bicyclic) bond motifs is 1. The molecule has 0 aliphatic rings. The summed E-state index contributed by atoms with van der Waals surface area (Å²) in [5, 5.41) is 0. The number of hydrogen-bond donors (Lipinski definition) is 0. The van der Waals surface area contributed by atoms with Crippen molar-refractivity contribution >= 4 is 27.0 Å². The lowest BCUT2D eigenvalue weighted by Crippen LogP contribution is -2.04. The Hall–Kier alpha value is -2.39. The molecule has 33 heavy (non-hydrogen) atoms. The van der Waals surface area contributed by atoms with Gasteiger partial charge >= 0.3 is 0 Å². The highest BCUT2D eigenvalue weighted by atomic mass is 79.9. The Morgan fingerprint density at radius 2 is 1.33 bits per heavy atom. The molecule has 0 spiro atoms. The highest BCUT2D eigenvalue weighted by Crippen LogP contribution is 2.40. The second-order valence-corrected chi connectivity index (χ2v) is 11.2. The third-order valence-electron chi connectivity index (χ3n) is 6.74. The lowest BCUT2D eigenvalue weighted by Gasteiger charge is -2.24. The molecule has 1 aromatic heterocycles.